The van der Waals surface area contributed by atoms with Gasteiger partial charge in [-0.1, -0.05) is 65.8 Å². The van der Waals surface area contributed by atoms with E-state index in [9.17, 15) is 0 Å². The maximum Gasteiger partial charge on any atom is 0.357 e. The molecule has 0 unspecified atom stereocenters. The van der Waals surface area contributed by atoms with Gasteiger partial charge in [-0.25, -0.2) is 0 Å². The lowest BCUT2D eigenvalue weighted by Crippen LogP contribution is -3.61. The van der Waals surface area contributed by atoms with Crippen LogP contribution in [0.3, 0.4) is 0 Å². The second-order valence-electron chi connectivity index (χ2n) is 7.60. The summed E-state index contributed by atoms with van der Waals surface area (Å²) in [6.07, 6.45) is 1.18. The van der Waals surface area contributed by atoms with Crippen LogP contribution >= 0.6 is 0 Å². The molecule has 0 aromatic heterocycles. The van der Waals surface area contributed by atoms with E-state index >= 15 is 0 Å². The van der Waals surface area contributed by atoms with Gasteiger partial charge in [0.2, 0.25) is 0 Å². The molecule has 0 saturated heterocycles. The topological polar surface area (TPSA) is 0 Å². The van der Waals surface area contributed by atoms with Crippen LogP contribution in [0.4, 0.5) is 0 Å². The zero-order chi connectivity index (χ0) is 16.4. The monoisotopic (exact) mass is 407 g/mol. The molecule has 0 fully saturated rings. The van der Waals surface area contributed by atoms with Gasteiger partial charge in [0.05, 0.1) is 0 Å². The molecule has 0 radical (unpaired) electrons. The molecular weight excluding hydrogens is 379 g/mol. The molecule has 0 aliphatic heterocycles. The minimum absolute atomic E-state index is 0.0748. The van der Waals surface area contributed by atoms with Crippen molar-refractivity contribution in [1.29, 1.82) is 0 Å². The molecule has 0 spiro atoms. The standard InChI is InChI=1S/C21H28I/c1-7-21(5,6)17-10-14-19(15-11-17)22-18-12-8-16(9-13-18)20(2,3)4/h8-15H,7H2,1-6H3/q+1. The van der Waals surface area contributed by atoms with Crippen molar-refractivity contribution in [3.63, 3.8) is 0 Å². The first-order valence-electron chi connectivity index (χ1n) is 8.08. The van der Waals surface area contributed by atoms with Gasteiger partial charge < -0.3 is 0 Å². The molecule has 118 valence electrons. The van der Waals surface area contributed by atoms with E-state index in [1.54, 1.807) is 0 Å². The Morgan fingerprint density at radius 1 is 0.682 bits per heavy atom. The van der Waals surface area contributed by atoms with Crippen LogP contribution in [0.2, 0.25) is 0 Å². The van der Waals surface area contributed by atoms with Crippen LogP contribution in [-0.2, 0) is 10.8 Å². The van der Waals surface area contributed by atoms with Gasteiger partial charge in [-0.2, -0.15) is 0 Å². The van der Waals surface area contributed by atoms with E-state index in [0.717, 1.165) is 0 Å². The minimum Gasteiger partial charge on any atom is -0.0646 e. The summed E-state index contributed by atoms with van der Waals surface area (Å²) in [5.74, 6) is 0. The van der Waals surface area contributed by atoms with Crippen molar-refractivity contribution < 1.29 is 21.2 Å². The summed E-state index contributed by atoms with van der Waals surface area (Å²) in [6, 6.07) is 18.5. The van der Waals surface area contributed by atoms with E-state index in [2.05, 4.69) is 90.1 Å². The minimum atomic E-state index is -0.0748. The predicted octanol–water partition coefficient (Wildman–Crippen LogP) is 2.80. The van der Waals surface area contributed by atoms with Crippen LogP contribution in [0, 0.1) is 7.14 Å². The third-order valence-electron chi connectivity index (χ3n) is 4.44. The quantitative estimate of drug-likeness (QED) is 0.684. The van der Waals surface area contributed by atoms with Gasteiger partial charge in [0, 0.05) is 0 Å². The molecule has 0 heterocycles. The summed E-state index contributed by atoms with van der Waals surface area (Å²) < 4.78 is 2.99. The predicted molar refractivity (Wildman–Crippen MR) is 92.3 cm³/mol. The number of hydrogen-bond donors (Lipinski definition) is 0. The number of hydrogen-bond acceptors (Lipinski definition) is 0. The molecule has 22 heavy (non-hydrogen) atoms. The Hall–Kier alpha value is -0.830. The third-order valence-corrected chi connectivity index (χ3v) is 7.12. The summed E-state index contributed by atoms with van der Waals surface area (Å²) in [7, 11) is 0. The van der Waals surface area contributed by atoms with Gasteiger partial charge in [-0.15, -0.1) is 0 Å². The number of rotatable bonds is 4. The average molecular weight is 407 g/mol. The fourth-order valence-electron chi connectivity index (χ4n) is 2.31. The molecule has 2 rings (SSSR count). The van der Waals surface area contributed by atoms with Crippen molar-refractivity contribution in [2.24, 2.45) is 0 Å². The summed E-state index contributed by atoms with van der Waals surface area (Å²) >= 11 is -0.0748. The van der Waals surface area contributed by atoms with Gasteiger partial charge in [-0.05, 0) is 52.6 Å². The Morgan fingerprint density at radius 2 is 1.09 bits per heavy atom. The van der Waals surface area contributed by atoms with Crippen molar-refractivity contribution in [2.75, 3.05) is 0 Å². The van der Waals surface area contributed by atoms with Crippen LogP contribution in [0.25, 0.3) is 0 Å². The number of benzene rings is 2. The van der Waals surface area contributed by atoms with Gasteiger partial charge in [-0.3, -0.25) is 0 Å². The molecule has 2 aromatic carbocycles. The van der Waals surface area contributed by atoms with Gasteiger partial charge in [0.1, 0.15) is 0 Å². The van der Waals surface area contributed by atoms with Crippen molar-refractivity contribution in [2.45, 2.75) is 58.8 Å². The Labute approximate surface area is 146 Å². The first kappa shape index (κ1) is 17.5. The highest BCUT2D eigenvalue weighted by Gasteiger charge is 2.21. The molecular formula is C21H28I+. The molecule has 0 N–H and O–H groups in total. The largest absolute Gasteiger partial charge is 0.357 e. The first-order chi connectivity index (χ1) is 10.2. The molecule has 2 aromatic rings. The second-order valence-corrected chi connectivity index (χ2v) is 10.6. The summed E-state index contributed by atoms with van der Waals surface area (Å²) in [4.78, 5) is 0. The van der Waals surface area contributed by atoms with E-state index < -0.39 is 0 Å². The van der Waals surface area contributed by atoms with Gasteiger partial charge in [0.15, 0.2) is 7.14 Å². The maximum atomic E-state index is 2.33. The number of halogens is 1. The SMILES string of the molecule is CCC(C)(C)c1ccc([I+]c2ccc(C(C)(C)C)cc2)cc1. The lowest BCUT2D eigenvalue weighted by molar-refractivity contribution is -0.597. The Morgan fingerprint density at radius 3 is 1.45 bits per heavy atom. The van der Waals surface area contributed by atoms with E-state index in [0.29, 0.717) is 0 Å². The first-order valence-corrected chi connectivity index (χ1v) is 10.2. The van der Waals surface area contributed by atoms with E-state index in [1.807, 2.05) is 0 Å². The normalized spacial score (nSPS) is 12.5. The van der Waals surface area contributed by atoms with Gasteiger partial charge >= 0.3 is 21.2 Å². The summed E-state index contributed by atoms with van der Waals surface area (Å²) in [5.41, 5.74) is 3.39. The lowest BCUT2D eigenvalue weighted by atomic mass is 9.82. The lowest BCUT2D eigenvalue weighted by Gasteiger charge is -2.22. The van der Waals surface area contributed by atoms with Gasteiger partial charge in [0.25, 0.3) is 0 Å². The molecule has 0 saturated carbocycles. The molecule has 0 bridgehead atoms. The highest BCUT2D eigenvalue weighted by atomic mass is 127. The Bertz CT molecular complexity index is 598. The molecule has 1 heteroatoms. The molecule has 0 amide bonds. The Kier molecular flexibility index (Phi) is 5.37. The van der Waals surface area contributed by atoms with Crippen LogP contribution in [0.1, 0.15) is 59.1 Å². The second kappa shape index (κ2) is 6.74. The van der Waals surface area contributed by atoms with E-state index in [-0.39, 0.29) is 32.0 Å². The third kappa shape index (κ3) is 4.34. The molecule has 0 nitrogen and oxygen atoms in total. The van der Waals surface area contributed by atoms with E-state index in [4.69, 9.17) is 0 Å². The smallest absolute Gasteiger partial charge is 0.0646 e. The fraction of sp³-hybridized carbons (Fsp3) is 0.429. The zero-order valence-corrected chi connectivity index (χ0v) is 16.9. The van der Waals surface area contributed by atoms with Crippen molar-refractivity contribution in [1.82, 2.24) is 0 Å². The average Bonchev–Trinajstić information content (AvgIpc) is 2.47. The zero-order valence-electron chi connectivity index (χ0n) is 14.7. The van der Waals surface area contributed by atoms with Crippen molar-refractivity contribution >= 4 is 0 Å². The van der Waals surface area contributed by atoms with Crippen LogP contribution in [0.15, 0.2) is 48.5 Å². The maximum absolute atomic E-state index is 2.33. The molecule has 0 atom stereocenters. The molecule has 0 aliphatic carbocycles. The highest BCUT2D eigenvalue weighted by Crippen LogP contribution is 2.25. The van der Waals surface area contributed by atoms with Crippen LogP contribution in [0.5, 0.6) is 0 Å². The van der Waals surface area contributed by atoms with E-state index in [1.165, 1.54) is 24.7 Å². The van der Waals surface area contributed by atoms with Crippen molar-refractivity contribution in [3.8, 4) is 0 Å². The van der Waals surface area contributed by atoms with Crippen LogP contribution < -0.4 is 21.2 Å². The highest BCUT2D eigenvalue weighted by molar-refractivity contribution is 5.24. The summed E-state index contributed by atoms with van der Waals surface area (Å²) in [6.45, 7) is 13.7. The molecule has 0 aliphatic rings. The van der Waals surface area contributed by atoms with Crippen molar-refractivity contribution in [3.05, 3.63) is 66.8 Å². The summed E-state index contributed by atoms with van der Waals surface area (Å²) in [5, 5.41) is 0. The Balaban J connectivity index is 2.11. The fourth-order valence-corrected chi connectivity index (χ4v) is 4.46. The van der Waals surface area contributed by atoms with Crippen LogP contribution in [-0.4, -0.2) is 0 Å².